The van der Waals surface area contributed by atoms with E-state index in [-0.39, 0.29) is 17.6 Å². The average Bonchev–Trinajstić information content (AvgIpc) is 3.03. The summed E-state index contributed by atoms with van der Waals surface area (Å²) in [6.07, 6.45) is 5.00. The molecule has 3 rings (SSSR count). The van der Waals surface area contributed by atoms with Crippen molar-refractivity contribution in [2.24, 2.45) is 0 Å². The number of aryl methyl sites for hydroxylation is 1. The molecule has 1 amide bonds. The van der Waals surface area contributed by atoms with Crippen molar-refractivity contribution in [3.8, 4) is 0 Å². The summed E-state index contributed by atoms with van der Waals surface area (Å²) in [7, 11) is 1.77. The predicted molar refractivity (Wildman–Crippen MR) is 84.2 cm³/mol. The van der Waals surface area contributed by atoms with Gasteiger partial charge in [-0.1, -0.05) is 0 Å². The second kappa shape index (κ2) is 6.15. The Morgan fingerprint density at radius 2 is 2.22 bits per heavy atom. The summed E-state index contributed by atoms with van der Waals surface area (Å²) >= 11 is 0. The van der Waals surface area contributed by atoms with Gasteiger partial charge in [-0.05, 0) is 25.8 Å². The Hall–Kier alpha value is -2.77. The molecule has 0 aromatic carbocycles. The first-order valence-corrected chi connectivity index (χ1v) is 7.47. The Morgan fingerprint density at radius 1 is 1.39 bits per heavy atom. The Bertz CT molecular complexity index is 788. The zero-order valence-electron chi connectivity index (χ0n) is 13.0. The second-order valence-corrected chi connectivity index (χ2v) is 5.49. The lowest BCUT2D eigenvalue weighted by molar-refractivity contribution is 0.0726. The van der Waals surface area contributed by atoms with Crippen LogP contribution in [0.3, 0.4) is 0 Å². The zero-order chi connectivity index (χ0) is 16.4. The molecule has 1 fully saturated rings. The van der Waals surface area contributed by atoms with E-state index in [0.717, 1.165) is 18.5 Å². The minimum atomic E-state index is -0.513. The highest BCUT2D eigenvalue weighted by Gasteiger charge is 2.32. The van der Waals surface area contributed by atoms with Gasteiger partial charge >= 0.3 is 5.69 Å². The highest BCUT2D eigenvalue weighted by Crippen LogP contribution is 2.31. The van der Waals surface area contributed by atoms with Crippen molar-refractivity contribution in [3.05, 3.63) is 46.0 Å². The number of H-pyrrole nitrogens is 1. The number of anilines is 1. The van der Waals surface area contributed by atoms with Crippen molar-refractivity contribution in [1.82, 2.24) is 24.8 Å². The molecule has 0 aliphatic carbocycles. The summed E-state index contributed by atoms with van der Waals surface area (Å²) in [4.78, 5) is 40.9. The Kier molecular flexibility index (Phi) is 4.05. The van der Waals surface area contributed by atoms with Gasteiger partial charge in [0.2, 0.25) is 0 Å². The topological polar surface area (TPSA) is 104 Å². The number of hydrogen-bond donors (Lipinski definition) is 2. The first-order valence-electron chi connectivity index (χ1n) is 7.47. The van der Waals surface area contributed by atoms with E-state index in [4.69, 9.17) is 0 Å². The van der Waals surface area contributed by atoms with Crippen molar-refractivity contribution in [2.45, 2.75) is 25.8 Å². The number of aromatic nitrogens is 4. The van der Waals surface area contributed by atoms with Crippen LogP contribution in [0.5, 0.6) is 0 Å². The molecule has 23 heavy (non-hydrogen) atoms. The van der Waals surface area contributed by atoms with E-state index in [0.29, 0.717) is 18.1 Å². The average molecular weight is 314 g/mol. The van der Waals surface area contributed by atoms with Crippen LogP contribution >= 0.6 is 0 Å². The molecule has 120 valence electrons. The number of hydrogen-bond acceptors (Lipinski definition) is 6. The SMILES string of the molecule is CNc1cncc(C2CCCN2C(=O)c2cc(C)[nH]c(=O)n2)n1. The van der Waals surface area contributed by atoms with E-state index in [1.54, 1.807) is 37.3 Å². The summed E-state index contributed by atoms with van der Waals surface area (Å²) in [5, 5.41) is 2.95. The number of likely N-dealkylation sites (tertiary alicyclic amines) is 1. The fourth-order valence-corrected chi connectivity index (χ4v) is 2.82. The molecule has 3 heterocycles. The zero-order valence-corrected chi connectivity index (χ0v) is 13.0. The molecule has 1 atom stereocenters. The first-order chi connectivity index (χ1) is 11.1. The summed E-state index contributed by atoms with van der Waals surface area (Å²) < 4.78 is 0. The van der Waals surface area contributed by atoms with Crippen LogP contribution in [0.25, 0.3) is 0 Å². The van der Waals surface area contributed by atoms with Crippen LogP contribution < -0.4 is 11.0 Å². The van der Waals surface area contributed by atoms with Gasteiger partial charge in [0.25, 0.3) is 5.91 Å². The molecule has 1 aliphatic rings. The van der Waals surface area contributed by atoms with Crippen LogP contribution in [0.1, 0.15) is 40.8 Å². The lowest BCUT2D eigenvalue weighted by Gasteiger charge is -2.24. The number of carbonyl (C=O) groups excluding carboxylic acids is 1. The lowest BCUT2D eigenvalue weighted by atomic mass is 10.1. The molecule has 2 aromatic rings. The van der Waals surface area contributed by atoms with Gasteiger partial charge in [0.15, 0.2) is 0 Å². The van der Waals surface area contributed by atoms with E-state index < -0.39 is 5.69 Å². The molecule has 1 unspecified atom stereocenters. The summed E-state index contributed by atoms with van der Waals surface area (Å²) in [6.45, 7) is 2.34. The normalized spacial score (nSPS) is 17.3. The Balaban J connectivity index is 1.91. The third-order valence-electron chi connectivity index (χ3n) is 3.86. The number of aromatic amines is 1. The van der Waals surface area contributed by atoms with Crippen molar-refractivity contribution in [2.75, 3.05) is 18.9 Å². The van der Waals surface area contributed by atoms with Gasteiger partial charge < -0.3 is 15.2 Å². The molecule has 1 saturated heterocycles. The molecule has 0 spiro atoms. The molecule has 0 radical (unpaired) electrons. The molecule has 0 bridgehead atoms. The molecule has 2 aromatic heterocycles. The monoisotopic (exact) mass is 314 g/mol. The largest absolute Gasteiger partial charge is 0.372 e. The van der Waals surface area contributed by atoms with Crippen LogP contribution in [0.4, 0.5) is 5.82 Å². The van der Waals surface area contributed by atoms with Crippen LogP contribution in [-0.2, 0) is 0 Å². The van der Waals surface area contributed by atoms with Gasteiger partial charge in [-0.25, -0.2) is 9.78 Å². The maximum atomic E-state index is 12.7. The molecule has 8 nitrogen and oxygen atoms in total. The molecule has 8 heteroatoms. The fourth-order valence-electron chi connectivity index (χ4n) is 2.82. The highest BCUT2D eigenvalue weighted by molar-refractivity contribution is 5.92. The first kappa shape index (κ1) is 15.1. The van der Waals surface area contributed by atoms with Crippen molar-refractivity contribution < 1.29 is 4.79 Å². The second-order valence-electron chi connectivity index (χ2n) is 5.49. The molecule has 0 saturated carbocycles. The third-order valence-corrected chi connectivity index (χ3v) is 3.86. The Labute approximate surface area is 133 Å². The summed E-state index contributed by atoms with van der Waals surface area (Å²) in [5.74, 6) is 0.408. The predicted octanol–water partition coefficient (Wildman–Crippen LogP) is 0.887. The van der Waals surface area contributed by atoms with Crippen LogP contribution in [0, 0.1) is 6.92 Å². The maximum absolute atomic E-state index is 12.7. The smallest absolute Gasteiger partial charge is 0.345 e. The van der Waals surface area contributed by atoms with Crippen molar-refractivity contribution in [3.63, 3.8) is 0 Å². The number of carbonyl (C=O) groups is 1. The van der Waals surface area contributed by atoms with E-state index in [1.807, 2.05) is 0 Å². The van der Waals surface area contributed by atoms with E-state index in [9.17, 15) is 9.59 Å². The van der Waals surface area contributed by atoms with Crippen LogP contribution in [0.2, 0.25) is 0 Å². The van der Waals surface area contributed by atoms with Gasteiger partial charge in [0.05, 0.1) is 24.1 Å². The van der Waals surface area contributed by atoms with Gasteiger partial charge in [0, 0.05) is 19.3 Å². The van der Waals surface area contributed by atoms with Crippen LogP contribution in [0.15, 0.2) is 23.3 Å². The molecular weight excluding hydrogens is 296 g/mol. The standard InChI is InChI=1S/C15H18N6O2/c1-9-6-10(20-15(23)18-9)14(22)21-5-3-4-12(21)11-7-17-8-13(16-2)19-11/h6-8,12H,3-5H2,1-2H3,(H,16,19)(H,18,20,23). The number of nitrogens with one attached hydrogen (secondary N) is 2. The quantitative estimate of drug-likeness (QED) is 0.872. The van der Waals surface area contributed by atoms with Gasteiger partial charge in [-0.15, -0.1) is 0 Å². The van der Waals surface area contributed by atoms with E-state index >= 15 is 0 Å². The molecular formula is C15H18N6O2. The minimum Gasteiger partial charge on any atom is -0.372 e. The number of amides is 1. The fraction of sp³-hybridized carbons (Fsp3) is 0.400. The van der Waals surface area contributed by atoms with Crippen molar-refractivity contribution in [1.29, 1.82) is 0 Å². The maximum Gasteiger partial charge on any atom is 0.345 e. The minimum absolute atomic E-state index is 0.148. The summed E-state index contributed by atoms with van der Waals surface area (Å²) in [5.41, 5.74) is 1.00. The van der Waals surface area contributed by atoms with E-state index in [2.05, 4.69) is 25.3 Å². The highest BCUT2D eigenvalue weighted by atomic mass is 16.2. The molecule has 2 N–H and O–H groups in total. The van der Waals surface area contributed by atoms with Crippen LogP contribution in [-0.4, -0.2) is 44.3 Å². The third kappa shape index (κ3) is 3.05. The summed E-state index contributed by atoms with van der Waals surface area (Å²) in [6, 6.07) is 1.44. The van der Waals surface area contributed by atoms with Gasteiger partial charge in [0.1, 0.15) is 11.5 Å². The Morgan fingerprint density at radius 3 is 2.96 bits per heavy atom. The number of rotatable bonds is 3. The van der Waals surface area contributed by atoms with Gasteiger partial charge in [-0.3, -0.25) is 9.78 Å². The number of nitrogens with zero attached hydrogens (tertiary/aromatic N) is 4. The van der Waals surface area contributed by atoms with Gasteiger partial charge in [-0.2, -0.15) is 4.98 Å². The lowest BCUT2D eigenvalue weighted by Crippen LogP contribution is -2.33. The van der Waals surface area contributed by atoms with Crippen molar-refractivity contribution >= 4 is 11.7 Å². The molecule has 1 aliphatic heterocycles. The van der Waals surface area contributed by atoms with E-state index in [1.165, 1.54) is 0 Å².